The monoisotopic (exact) mass is 227 g/mol. The predicted octanol–water partition coefficient (Wildman–Crippen LogP) is 3.22. The smallest absolute Gasteiger partial charge is 0.0601 e. The van der Waals surface area contributed by atoms with Gasteiger partial charge in [0.1, 0.15) is 0 Å². The van der Waals surface area contributed by atoms with Crippen LogP contribution in [0.2, 0.25) is 0 Å². The molecule has 1 fully saturated rings. The van der Waals surface area contributed by atoms with Crippen LogP contribution < -0.4 is 5.32 Å². The van der Waals surface area contributed by atoms with E-state index in [4.69, 9.17) is 4.74 Å². The van der Waals surface area contributed by atoms with Gasteiger partial charge in [-0.15, -0.1) is 0 Å². The highest BCUT2D eigenvalue weighted by Gasteiger charge is 2.29. The second kappa shape index (κ2) is 7.29. The summed E-state index contributed by atoms with van der Waals surface area (Å²) in [6.07, 6.45) is 5.55. The predicted molar refractivity (Wildman–Crippen MR) is 69.7 cm³/mol. The zero-order chi connectivity index (χ0) is 12.0. The van der Waals surface area contributed by atoms with Crippen molar-refractivity contribution in [1.82, 2.24) is 5.32 Å². The summed E-state index contributed by atoms with van der Waals surface area (Å²) in [6, 6.07) is 0.708. The van der Waals surface area contributed by atoms with Crippen molar-refractivity contribution in [1.29, 1.82) is 0 Å². The first kappa shape index (κ1) is 14.0. The fourth-order valence-corrected chi connectivity index (χ4v) is 2.76. The minimum Gasteiger partial charge on any atom is -0.378 e. The zero-order valence-corrected chi connectivity index (χ0v) is 11.5. The molecule has 2 heteroatoms. The third kappa shape index (κ3) is 4.06. The lowest BCUT2D eigenvalue weighted by molar-refractivity contribution is -0.0415. The van der Waals surface area contributed by atoms with E-state index >= 15 is 0 Å². The van der Waals surface area contributed by atoms with E-state index in [1.54, 1.807) is 0 Å². The maximum atomic E-state index is 5.85. The Bertz CT molecular complexity index is 176. The van der Waals surface area contributed by atoms with E-state index in [2.05, 4.69) is 33.0 Å². The summed E-state index contributed by atoms with van der Waals surface area (Å²) in [4.78, 5) is 0. The lowest BCUT2D eigenvalue weighted by Crippen LogP contribution is -2.42. The Morgan fingerprint density at radius 1 is 1.31 bits per heavy atom. The molecule has 0 spiro atoms. The van der Waals surface area contributed by atoms with Gasteiger partial charge < -0.3 is 10.1 Å². The molecule has 1 heterocycles. The topological polar surface area (TPSA) is 21.3 Å². The number of nitrogens with one attached hydrogen (secondary N) is 1. The SMILES string of the molecule is CCCC(NCC)C1CCOC(C(C)C)C1. The Hall–Kier alpha value is -0.0800. The normalized spacial score (nSPS) is 28.3. The molecule has 0 aliphatic carbocycles. The van der Waals surface area contributed by atoms with Crippen molar-refractivity contribution in [3.05, 3.63) is 0 Å². The molecule has 3 unspecified atom stereocenters. The van der Waals surface area contributed by atoms with Crippen LogP contribution in [-0.4, -0.2) is 25.3 Å². The fraction of sp³-hybridized carbons (Fsp3) is 1.00. The molecule has 1 aliphatic rings. The van der Waals surface area contributed by atoms with Gasteiger partial charge in [0.2, 0.25) is 0 Å². The van der Waals surface area contributed by atoms with Crippen molar-refractivity contribution >= 4 is 0 Å². The average Bonchev–Trinajstić information content (AvgIpc) is 2.29. The highest BCUT2D eigenvalue weighted by Crippen LogP contribution is 2.28. The molecule has 1 saturated heterocycles. The van der Waals surface area contributed by atoms with Gasteiger partial charge in [0.15, 0.2) is 0 Å². The summed E-state index contributed by atoms with van der Waals surface area (Å²) >= 11 is 0. The molecule has 1 aliphatic heterocycles. The van der Waals surface area contributed by atoms with E-state index in [0.29, 0.717) is 18.1 Å². The first-order valence-corrected chi connectivity index (χ1v) is 7.04. The number of hydrogen-bond donors (Lipinski definition) is 1. The van der Waals surface area contributed by atoms with Crippen LogP contribution in [-0.2, 0) is 4.74 Å². The molecule has 2 nitrogen and oxygen atoms in total. The number of ether oxygens (including phenoxy) is 1. The second-order valence-electron chi connectivity index (χ2n) is 5.39. The summed E-state index contributed by atoms with van der Waals surface area (Å²) in [5, 5.41) is 3.66. The first-order chi connectivity index (χ1) is 7.69. The van der Waals surface area contributed by atoms with E-state index in [-0.39, 0.29) is 0 Å². The fourth-order valence-electron chi connectivity index (χ4n) is 2.76. The van der Waals surface area contributed by atoms with Crippen LogP contribution in [0.1, 0.15) is 53.4 Å². The summed E-state index contributed by atoms with van der Waals surface area (Å²) < 4.78 is 5.85. The molecule has 0 radical (unpaired) electrons. The summed E-state index contributed by atoms with van der Waals surface area (Å²) in [6.45, 7) is 11.1. The molecule has 1 rings (SSSR count). The maximum Gasteiger partial charge on any atom is 0.0601 e. The Labute approximate surface area is 101 Å². The minimum absolute atomic E-state index is 0.483. The molecular weight excluding hydrogens is 198 g/mol. The van der Waals surface area contributed by atoms with Gasteiger partial charge in [-0.05, 0) is 37.6 Å². The van der Waals surface area contributed by atoms with E-state index in [9.17, 15) is 0 Å². The summed E-state index contributed by atoms with van der Waals surface area (Å²) in [5.41, 5.74) is 0. The van der Waals surface area contributed by atoms with E-state index in [0.717, 1.165) is 19.1 Å². The van der Waals surface area contributed by atoms with Crippen molar-refractivity contribution < 1.29 is 4.74 Å². The quantitative estimate of drug-likeness (QED) is 0.752. The summed E-state index contributed by atoms with van der Waals surface area (Å²) in [5.74, 6) is 1.48. The van der Waals surface area contributed by atoms with Gasteiger partial charge in [-0.1, -0.05) is 34.1 Å². The van der Waals surface area contributed by atoms with E-state index < -0.39 is 0 Å². The molecular formula is C14H29NO. The molecule has 16 heavy (non-hydrogen) atoms. The Kier molecular flexibility index (Phi) is 6.37. The van der Waals surface area contributed by atoms with Crippen LogP contribution in [0.15, 0.2) is 0 Å². The highest BCUT2D eigenvalue weighted by molar-refractivity contribution is 4.82. The van der Waals surface area contributed by atoms with Gasteiger partial charge in [0.05, 0.1) is 6.10 Å². The van der Waals surface area contributed by atoms with Crippen LogP contribution in [0, 0.1) is 11.8 Å². The van der Waals surface area contributed by atoms with Crippen LogP contribution in [0.4, 0.5) is 0 Å². The lowest BCUT2D eigenvalue weighted by atomic mass is 9.83. The molecule has 96 valence electrons. The summed E-state index contributed by atoms with van der Waals surface area (Å²) in [7, 11) is 0. The highest BCUT2D eigenvalue weighted by atomic mass is 16.5. The Balaban J connectivity index is 2.48. The van der Waals surface area contributed by atoms with Crippen molar-refractivity contribution in [2.24, 2.45) is 11.8 Å². The second-order valence-corrected chi connectivity index (χ2v) is 5.39. The molecule has 0 amide bonds. The van der Waals surface area contributed by atoms with Crippen molar-refractivity contribution in [2.75, 3.05) is 13.2 Å². The third-order valence-corrected chi connectivity index (χ3v) is 3.73. The average molecular weight is 227 g/mol. The molecule has 0 aromatic carbocycles. The first-order valence-electron chi connectivity index (χ1n) is 7.04. The minimum atomic E-state index is 0.483. The molecule has 0 aromatic rings. The lowest BCUT2D eigenvalue weighted by Gasteiger charge is -2.36. The molecule has 0 saturated carbocycles. The van der Waals surface area contributed by atoms with Crippen LogP contribution in [0.25, 0.3) is 0 Å². The third-order valence-electron chi connectivity index (χ3n) is 3.73. The van der Waals surface area contributed by atoms with Gasteiger partial charge >= 0.3 is 0 Å². The standard InChI is InChI=1S/C14H29NO/c1-5-7-13(15-6-2)12-8-9-16-14(10-12)11(3)4/h11-15H,5-10H2,1-4H3. The van der Waals surface area contributed by atoms with Gasteiger partial charge in [0, 0.05) is 12.6 Å². The van der Waals surface area contributed by atoms with E-state index in [1.807, 2.05) is 0 Å². The van der Waals surface area contributed by atoms with Crippen LogP contribution in [0.5, 0.6) is 0 Å². The molecule has 0 aromatic heterocycles. The molecule has 3 atom stereocenters. The van der Waals surface area contributed by atoms with Crippen molar-refractivity contribution in [2.45, 2.75) is 65.5 Å². The van der Waals surface area contributed by atoms with E-state index in [1.165, 1.54) is 25.7 Å². The van der Waals surface area contributed by atoms with Gasteiger partial charge in [-0.2, -0.15) is 0 Å². The Morgan fingerprint density at radius 3 is 2.62 bits per heavy atom. The molecule has 1 N–H and O–H groups in total. The zero-order valence-electron chi connectivity index (χ0n) is 11.5. The Morgan fingerprint density at radius 2 is 2.06 bits per heavy atom. The number of rotatable bonds is 6. The van der Waals surface area contributed by atoms with Crippen molar-refractivity contribution in [3.8, 4) is 0 Å². The van der Waals surface area contributed by atoms with Gasteiger partial charge in [0.25, 0.3) is 0 Å². The van der Waals surface area contributed by atoms with Gasteiger partial charge in [-0.25, -0.2) is 0 Å². The van der Waals surface area contributed by atoms with Crippen LogP contribution in [0.3, 0.4) is 0 Å². The molecule has 0 bridgehead atoms. The largest absolute Gasteiger partial charge is 0.378 e. The van der Waals surface area contributed by atoms with Crippen molar-refractivity contribution in [3.63, 3.8) is 0 Å². The van der Waals surface area contributed by atoms with Gasteiger partial charge in [-0.3, -0.25) is 0 Å². The number of hydrogen-bond acceptors (Lipinski definition) is 2. The van der Waals surface area contributed by atoms with Crippen LogP contribution >= 0.6 is 0 Å². The maximum absolute atomic E-state index is 5.85.